The Bertz CT molecular complexity index is 366. The zero-order chi connectivity index (χ0) is 13.7. The quantitative estimate of drug-likeness (QED) is 0.841. The van der Waals surface area contributed by atoms with Gasteiger partial charge in [-0.3, -0.25) is 4.98 Å². The van der Waals surface area contributed by atoms with Crippen LogP contribution in [0.4, 0.5) is 0 Å². The number of nitrogens with zero attached hydrogens (tertiary/aromatic N) is 1. The van der Waals surface area contributed by atoms with Gasteiger partial charge < -0.3 is 5.32 Å². The summed E-state index contributed by atoms with van der Waals surface area (Å²) in [6, 6.07) is 4.91. The monoisotopic (exact) mass is 260 g/mol. The van der Waals surface area contributed by atoms with Crippen LogP contribution in [0.15, 0.2) is 24.5 Å². The SMILES string of the molecule is CNC(Cc1ccncc1)C1(CC(C)C)CCCC1. The maximum atomic E-state index is 4.12. The fourth-order valence-corrected chi connectivity index (χ4v) is 3.97. The first kappa shape index (κ1) is 14.5. The summed E-state index contributed by atoms with van der Waals surface area (Å²) >= 11 is 0. The summed E-state index contributed by atoms with van der Waals surface area (Å²) in [6.07, 6.45) is 11.9. The minimum Gasteiger partial charge on any atom is -0.316 e. The van der Waals surface area contributed by atoms with Crippen molar-refractivity contribution < 1.29 is 0 Å². The Morgan fingerprint density at radius 3 is 2.37 bits per heavy atom. The molecule has 0 aliphatic heterocycles. The van der Waals surface area contributed by atoms with Crippen LogP contribution in [0.3, 0.4) is 0 Å². The van der Waals surface area contributed by atoms with Crippen molar-refractivity contribution in [3.05, 3.63) is 30.1 Å². The van der Waals surface area contributed by atoms with Gasteiger partial charge in [-0.25, -0.2) is 0 Å². The van der Waals surface area contributed by atoms with Crippen molar-refractivity contribution in [2.75, 3.05) is 7.05 Å². The second-order valence-corrected chi connectivity index (χ2v) is 6.57. The van der Waals surface area contributed by atoms with E-state index in [0.717, 1.165) is 12.3 Å². The molecule has 0 aromatic carbocycles. The van der Waals surface area contributed by atoms with Crippen molar-refractivity contribution in [3.8, 4) is 0 Å². The lowest BCUT2D eigenvalue weighted by Crippen LogP contribution is -2.44. The summed E-state index contributed by atoms with van der Waals surface area (Å²) in [5.41, 5.74) is 1.91. The molecule has 1 aromatic rings. The van der Waals surface area contributed by atoms with Gasteiger partial charge >= 0.3 is 0 Å². The van der Waals surface area contributed by atoms with Crippen molar-refractivity contribution in [3.63, 3.8) is 0 Å². The Hall–Kier alpha value is -0.890. The van der Waals surface area contributed by atoms with Crippen molar-refractivity contribution in [2.24, 2.45) is 11.3 Å². The van der Waals surface area contributed by atoms with Crippen LogP contribution in [0, 0.1) is 11.3 Å². The summed E-state index contributed by atoms with van der Waals surface area (Å²) in [4.78, 5) is 4.12. The van der Waals surface area contributed by atoms with E-state index in [1.807, 2.05) is 12.4 Å². The van der Waals surface area contributed by atoms with Crippen LogP contribution in [0.2, 0.25) is 0 Å². The maximum absolute atomic E-state index is 4.12. The Labute approximate surface area is 118 Å². The van der Waals surface area contributed by atoms with E-state index in [-0.39, 0.29) is 0 Å². The number of nitrogens with one attached hydrogen (secondary N) is 1. The van der Waals surface area contributed by atoms with Gasteiger partial charge in [0.2, 0.25) is 0 Å². The molecule has 1 unspecified atom stereocenters. The molecule has 2 rings (SSSR count). The van der Waals surface area contributed by atoms with Crippen LogP contribution in [-0.2, 0) is 6.42 Å². The van der Waals surface area contributed by atoms with E-state index in [2.05, 4.69) is 43.3 Å². The number of rotatable bonds is 6. The minimum atomic E-state index is 0.506. The molecule has 0 bridgehead atoms. The van der Waals surface area contributed by atoms with E-state index in [0.29, 0.717) is 11.5 Å². The predicted molar refractivity (Wildman–Crippen MR) is 81.1 cm³/mol. The molecule has 1 atom stereocenters. The van der Waals surface area contributed by atoms with E-state index < -0.39 is 0 Å². The fraction of sp³-hybridized carbons (Fsp3) is 0.706. The van der Waals surface area contributed by atoms with Crippen molar-refractivity contribution >= 4 is 0 Å². The minimum absolute atomic E-state index is 0.506. The van der Waals surface area contributed by atoms with E-state index in [1.165, 1.54) is 37.7 Å². The predicted octanol–water partition coefficient (Wildman–Crippen LogP) is 3.82. The zero-order valence-corrected chi connectivity index (χ0v) is 12.7. The Morgan fingerprint density at radius 2 is 1.84 bits per heavy atom. The largest absolute Gasteiger partial charge is 0.316 e. The van der Waals surface area contributed by atoms with Crippen LogP contribution >= 0.6 is 0 Å². The third-order valence-corrected chi connectivity index (χ3v) is 4.69. The van der Waals surface area contributed by atoms with E-state index in [9.17, 15) is 0 Å². The van der Waals surface area contributed by atoms with Gasteiger partial charge in [-0.05, 0) is 61.8 Å². The smallest absolute Gasteiger partial charge is 0.0270 e. The maximum Gasteiger partial charge on any atom is 0.0270 e. The Morgan fingerprint density at radius 1 is 1.21 bits per heavy atom. The lowest BCUT2D eigenvalue weighted by molar-refractivity contribution is 0.160. The van der Waals surface area contributed by atoms with Crippen LogP contribution in [0.25, 0.3) is 0 Å². The van der Waals surface area contributed by atoms with Crippen molar-refractivity contribution in [1.82, 2.24) is 10.3 Å². The molecule has 2 nitrogen and oxygen atoms in total. The molecule has 0 radical (unpaired) electrons. The molecule has 2 heteroatoms. The summed E-state index contributed by atoms with van der Waals surface area (Å²) in [5, 5.41) is 3.62. The number of hydrogen-bond acceptors (Lipinski definition) is 2. The molecular formula is C17H28N2. The second-order valence-electron chi connectivity index (χ2n) is 6.57. The standard InChI is InChI=1S/C17H28N2/c1-14(2)13-17(8-4-5-9-17)16(18-3)12-15-6-10-19-11-7-15/h6-7,10-11,14,16,18H,4-5,8-9,12-13H2,1-3H3. The van der Waals surface area contributed by atoms with Crippen LogP contribution in [0.1, 0.15) is 51.5 Å². The van der Waals surface area contributed by atoms with Gasteiger partial charge in [0.1, 0.15) is 0 Å². The van der Waals surface area contributed by atoms with Crippen molar-refractivity contribution in [1.29, 1.82) is 0 Å². The van der Waals surface area contributed by atoms with Crippen LogP contribution in [0.5, 0.6) is 0 Å². The summed E-state index contributed by atoms with van der Waals surface area (Å²) in [5.74, 6) is 0.784. The zero-order valence-electron chi connectivity index (χ0n) is 12.7. The summed E-state index contributed by atoms with van der Waals surface area (Å²) < 4.78 is 0. The number of pyridine rings is 1. The molecule has 1 heterocycles. The Kier molecular flexibility index (Phi) is 4.98. The molecular weight excluding hydrogens is 232 g/mol. The molecule has 1 saturated carbocycles. The molecule has 1 N–H and O–H groups in total. The van der Waals surface area contributed by atoms with Crippen LogP contribution in [-0.4, -0.2) is 18.1 Å². The number of likely N-dealkylation sites (N-methyl/N-ethyl adjacent to an activating group) is 1. The highest BCUT2D eigenvalue weighted by Gasteiger charge is 2.40. The van der Waals surface area contributed by atoms with Gasteiger partial charge in [-0.1, -0.05) is 26.7 Å². The van der Waals surface area contributed by atoms with Gasteiger partial charge in [0.05, 0.1) is 0 Å². The highest BCUT2D eigenvalue weighted by Crippen LogP contribution is 2.46. The second kappa shape index (κ2) is 6.51. The third kappa shape index (κ3) is 3.56. The normalized spacial score (nSPS) is 19.8. The average molecular weight is 260 g/mol. The molecule has 0 amide bonds. The average Bonchev–Trinajstić information content (AvgIpc) is 2.85. The highest BCUT2D eigenvalue weighted by molar-refractivity contribution is 5.13. The molecule has 1 aromatic heterocycles. The molecule has 106 valence electrons. The number of hydrogen-bond donors (Lipinski definition) is 1. The van der Waals surface area contributed by atoms with Crippen LogP contribution < -0.4 is 5.32 Å². The lowest BCUT2D eigenvalue weighted by Gasteiger charge is -2.39. The van der Waals surface area contributed by atoms with Gasteiger partial charge in [0.15, 0.2) is 0 Å². The van der Waals surface area contributed by atoms with E-state index in [1.54, 1.807) is 0 Å². The van der Waals surface area contributed by atoms with E-state index >= 15 is 0 Å². The van der Waals surface area contributed by atoms with Gasteiger partial charge in [-0.15, -0.1) is 0 Å². The first-order valence-electron chi connectivity index (χ1n) is 7.72. The first-order valence-corrected chi connectivity index (χ1v) is 7.72. The molecule has 1 fully saturated rings. The highest BCUT2D eigenvalue weighted by atomic mass is 14.9. The van der Waals surface area contributed by atoms with Gasteiger partial charge in [-0.2, -0.15) is 0 Å². The summed E-state index contributed by atoms with van der Waals surface area (Å²) in [7, 11) is 2.13. The van der Waals surface area contributed by atoms with Crippen molar-refractivity contribution in [2.45, 2.75) is 58.4 Å². The molecule has 0 spiro atoms. The fourth-order valence-electron chi connectivity index (χ4n) is 3.97. The molecule has 1 aliphatic rings. The molecule has 19 heavy (non-hydrogen) atoms. The third-order valence-electron chi connectivity index (χ3n) is 4.69. The summed E-state index contributed by atoms with van der Waals surface area (Å²) in [6.45, 7) is 4.72. The topological polar surface area (TPSA) is 24.9 Å². The van der Waals surface area contributed by atoms with E-state index in [4.69, 9.17) is 0 Å². The van der Waals surface area contributed by atoms with Gasteiger partial charge in [0, 0.05) is 18.4 Å². The molecule has 1 aliphatic carbocycles. The Balaban J connectivity index is 2.13. The molecule has 0 saturated heterocycles. The lowest BCUT2D eigenvalue weighted by atomic mass is 9.71. The van der Waals surface area contributed by atoms with Gasteiger partial charge in [0.25, 0.3) is 0 Å². The number of aromatic nitrogens is 1. The first-order chi connectivity index (χ1) is 9.16.